The molecule has 0 unspecified atom stereocenters. The molecule has 1 aromatic carbocycles. The number of nitrogens with zero attached hydrogens (tertiary/aromatic N) is 2. The topological polar surface area (TPSA) is 70.7 Å². The van der Waals surface area contributed by atoms with Gasteiger partial charge in [-0.15, -0.1) is 0 Å². The minimum absolute atomic E-state index is 0.136. The molecular weight excluding hydrogens is 356 g/mol. The number of H-pyrrole nitrogens is 1. The quantitative estimate of drug-likeness (QED) is 0.509. The summed E-state index contributed by atoms with van der Waals surface area (Å²) in [4.78, 5) is 23.5. The maximum atomic E-state index is 11.9. The van der Waals surface area contributed by atoms with Crippen LogP contribution in [0.15, 0.2) is 65.8 Å². The van der Waals surface area contributed by atoms with E-state index in [1.807, 2.05) is 55.9 Å². The number of anilines is 1. The van der Waals surface area contributed by atoms with Crippen molar-refractivity contribution >= 4 is 28.5 Å². The monoisotopic (exact) mass is 374 g/mol. The molecule has 0 radical (unpaired) electrons. The van der Waals surface area contributed by atoms with Gasteiger partial charge in [0.1, 0.15) is 5.69 Å². The molecule has 0 spiro atoms. The summed E-state index contributed by atoms with van der Waals surface area (Å²) in [7, 11) is 0. The van der Waals surface area contributed by atoms with E-state index in [9.17, 15) is 4.79 Å². The first-order valence-electron chi connectivity index (χ1n) is 8.49. The lowest BCUT2D eigenvalue weighted by Gasteiger charge is -2.10. The Morgan fingerprint density at radius 2 is 1.81 bits per heavy atom. The zero-order valence-electron chi connectivity index (χ0n) is 15.0. The Hall–Kier alpha value is -3.12. The molecule has 2 N–H and O–H groups in total. The molecule has 3 aromatic heterocycles. The molecule has 0 atom stereocenters. The van der Waals surface area contributed by atoms with E-state index in [1.54, 1.807) is 6.20 Å². The fraction of sp³-hybridized carbons (Fsp3) is 0.0952. The maximum absolute atomic E-state index is 11.9. The van der Waals surface area contributed by atoms with Gasteiger partial charge in [0.25, 0.3) is 5.56 Å². The summed E-state index contributed by atoms with van der Waals surface area (Å²) in [5.41, 5.74) is 6.48. The van der Waals surface area contributed by atoms with E-state index >= 15 is 0 Å². The number of pyridine rings is 3. The first-order chi connectivity index (χ1) is 13.2. The van der Waals surface area contributed by atoms with Crippen LogP contribution in [0.1, 0.15) is 5.69 Å². The lowest BCUT2D eigenvalue weighted by atomic mass is 9.98. The summed E-state index contributed by atoms with van der Waals surface area (Å²) in [6, 6.07) is 14.1. The summed E-state index contributed by atoms with van der Waals surface area (Å²) in [5, 5.41) is 1.06. The predicted octanol–water partition coefficient (Wildman–Crippen LogP) is 4.65. The van der Waals surface area contributed by atoms with Gasteiger partial charge in [0.15, 0.2) is 0 Å². The number of hydrogen-bond donors (Lipinski definition) is 2. The molecule has 3 heterocycles. The zero-order chi connectivity index (χ0) is 18.8. The smallest absolute Gasteiger partial charge is 0.272 e. The van der Waals surface area contributed by atoms with Crippen molar-refractivity contribution in [3.05, 3.63) is 77.1 Å². The van der Waals surface area contributed by atoms with Crippen LogP contribution in [0.5, 0.6) is 0 Å². The van der Waals surface area contributed by atoms with E-state index < -0.39 is 0 Å². The van der Waals surface area contributed by atoms with Gasteiger partial charge in [-0.3, -0.25) is 14.8 Å². The Balaban J connectivity index is 1.88. The standard InChI is InChI=1S/C21H18N4OS/c1-13-9-15(5-7-22-13)17-6-8-23-19-4-3-14(10-18(17)19)16-11-20(25-27-2)21(26)24-12-16/h3-12,25H,1-2H3,(H,24,26). The SMILES string of the molecule is CSNc1cc(-c2ccc3nccc(-c4ccnc(C)c4)c3c2)c[nH]c1=O. The van der Waals surface area contributed by atoms with E-state index in [4.69, 9.17) is 0 Å². The molecule has 0 bridgehead atoms. The number of aryl methyl sites for hydroxylation is 1. The van der Waals surface area contributed by atoms with Gasteiger partial charge in [0.05, 0.1) is 5.52 Å². The third-order valence-corrected chi connectivity index (χ3v) is 4.82. The van der Waals surface area contributed by atoms with Crippen LogP contribution in [0.25, 0.3) is 33.2 Å². The first kappa shape index (κ1) is 17.3. The highest BCUT2D eigenvalue weighted by atomic mass is 32.2. The average molecular weight is 374 g/mol. The van der Waals surface area contributed by atoms with Crippen LogP contribution in [-0.2, 0) is 0 Å². The number of hydrogen-bond acceptors (Lipinski definition) is 5. The molecule has 4 rings (SSSR count). The molecule has 0 aliphatic rings. The molecule has 5 nitrogen and oxygen atoms in total. The van der Waals surface area contributed by atoms with Crippen molar-refractivity contribution in [2.45, 2.75) is 6.92 Å². The molecule has 6 heteroatoms. The number of rotatable bonds is 4. The first-order valence-corrected chi connectivity index (χ1v) is 9.72. The van der Waals surface area contributed by atoms with Crippen LogP contribution in [0.4, 0.5) is 5.69 Å². The summed E-state index contributed by atoms with van der Waals surface area (Å²) in [6.07, 6.45) is 7.27. The minimum Gasteiger partial charge on any atom is -0.327 e. The van der Waals surface area contributed by atoms with Crippen molar-refractivity contribution < 1.29 is 0 Å². The van der Waals surface area contributed by atoms with E-state index in [0.717, 1.165) is 38.9 Å². The highest BCUT2D eigenvalue weighted by Gasteiger charge is 2.09. The molecule has 27 heavy (non-hydrogen) atoms. The minimum atomic E-state index is -0.136. The summed E-state index contributed by atoms with van der Waals surface area (Å²) in [6.45, 7) is 1.99. The van der Waals surface area contributed by atoms with Gasteiger partial charge in [-0.2, -0.15) is 0 Å². The predicted molar refractivity (Wildman–Crippen MR) is 113 cm³/mol. The molecule has 134 valence electrons. The molecule has 4 aromatic rings. The second-order valence-electron chi connectivity index (χ2n) is 6.21. The van der Waals surface area contributed by atoms with Crippen LogP contribution in [-0.4, -0.2) is 21.2 Å². The van der Waals surface area contributed by atoms with Gasteiger partial charge >= 0.3 is 0 Å². The van der Waals surface area contributed by atoms with Crippen molar-refractivity contribution in [2.75, 3.05) is 11.0 Å². The zero-order valence-corrected chi connectivity index (χ0v) is 15.8. The van der Waals surface area contributed by atoms with Crippen molar-refractivity contribution in [1.82, 2.24) is 15.0 Å². The number of fused-ring (bicyclic) bond motifs is 1. The Kier molecular flexibility index (Phi) is 4.64. The van der Waals surface area contributed by atoms with E-state index in [1.165, 1.54) is 11.9 Å². The number of benzene rings is 1. The molecule has 0 saturated heterocycles. The maximum Gasteiger partial charge on any atom is 0.272 e. The van der Waals surface area contributed by atoms with Crippen molar-refractivity contribution in [3.8, 4) is 22.3 Å². The van der Waals surface area contributed by atoms with Crippen molar-refractivity contribution in [3.63, 3.8) is 0 Å². The van der Waals surface area contributed by atoms with E-state index in [0.29, 0.717) is 5.69 Å². The van der Waals surface area contributed by atoms with Crippen LogP contribution >= 0.6 is 11.9 Å². The lowest BCUT2D eigenvalue weighted by Crippen LogP contribution is -2.09. The average Bonchev–Trinajstić information content (AvgIpc) is 2.69. The number of nitrogens with one attached hydrogen (secondary N) is 2. The van der Waals surface area contributed by atoms with Gasteiger partial charge in [-0.1, -0.05) is 18.0 Å². The number of aromatic nitrogens is 3. The fourth-order valence-corrected chi connectivity index (χ4v) is 3.50. The van der Waals surface area contributed by atoms with E-state index in [2.05, 4.69) is 31.8 Å². The van der Waals surface area contributed by atoms with Gasteiger partial charge in [-0.25, -0.2) is 0 Å². The van der Waals surface area contributed by atoms with Gasteiger partial charge in [0, 0.05) is 41.5 Å². The Morgan fingerprint density at radius 3 is 2.63 bits per heavy atom. The molecular formula is C21H18N4OS. The van der Waals surface area contributed by atoms with Crippen LogP contribution in [0.3, 0.4) is 0 Å². The number of aromatic amines is 1. The highest BCUT2D eigenvalue weighted by molar-refractivity contribution is 7.99. The Bertz CT molecular complexity index is 1190. The van der Waals surface area contributed by atoms with Crippen LogP contribution < -0.4 is 10.3 Å². The summed E-state index contributed by atoms with van der Waals surface area (Å²) < 4.78 is 3.02. The summed E-state index contributed by atoms with van der Waals surface area (Å²) in [5.74, 6) is 0. The van der Waals surface area contributed by atoms with Crippen molar-refractivity contribution in [1.29, 1.82) is 0 Å². The molecule has 0 fully saturated rings. The Morgan fingerprint density at radius 1 is 0.963 bits per heavy atom. The largest absolute Gasteiger partial charge is 0.327 e. The second-order valence-corrected chi connectivity index (χ2v) is 6.83. The summed E-state index contributed by atoms with van der Waals surface area (Å²) >= 11 is 1.39. The van der Waals surface area contributed by atoms with Crippen LogP contribution in [0.2, 0.25) is 0 Å². The highest BCUT2D eigenvalue weighted by Crippen LogP contribution is 2.31. The molecule has 0 saturated carbocycles. The van der Waals surface area contributed by atoms with Crippen LogP contribution in [0, 0.1) is 6.92 Å². The van der Waals surface area contributed by atoms with E-state index in [-0.39, 0.29) is 5.56 Å². The van der Waals surface area contributed by atoms with Gasteiger partial charge < -0.3 is 9.71 Å². The third-order valence-electron chi connectivity index (χ3n) is 4.40. The molecule has 0 amide bonds. The van der Waals surface area contributed by atoms with Gasteiger partial charge in [0.2, 0.25) is 0 Å². The van der Waals surface area contributed by atoms with Gasteiger partial charge in [-0.05, 0) is 60.0 Å². The Labute approximate surface area is 161 Å². The molecule has 0 aliphatic carbocycles. The molecule has 0 aliphatic heterocycles. The lowest BCUT2D eigenvalue weighted by molar-refractivity contribution is 1.20. The second kappa shape index (κ2) is 7.25. The normalized spacial score (nSPS) is 10.9. The third kappa shape index (κ3) is 3.44. The van der Waals surface area contributed by atoms with Crippen molar-refractivity contribution in [2.24, 2.45) is 0 Å². The fourth-order valence-electron chi connectivity index (χ4n) is 3.13.